The zero-order valence-corrected chi connectivity index (χ0v) is 14.4. The summed E-state index contributed by atoms with van der Waals surface area (Å²) in [7, 11) is 0. The predicted octanol–water partition coefficient (Wildman–Crippen LogP) is 4.19. The maximum Gasteiger partial charge on any atom is 0.209 e. The Bertz CT molecular complexity index is 797. The second kappa shape index (κ2) is 7.93. The lowest BCUT2D eigenvalue weighted by Crippen LogP contribution is -2.03. The monoisotopic (exact) mass is 337 g/mol. The van der Waals surface area contributed by atoms with Gasteiger partial charge >= 0.3 is 0 Å². The van der Waals surface area contributed by atoms with Gasteiger partial charge in [0.2, 0.25) is 5.16 Å². The molecule has 3 aromatic rings. The first-order valence-electron chi connectivity index (χ1n) is 7.98. The van der Waals surface area contributed by atoms with Crippen LogP contribution in [0.2, 0.25) is 0 Å². The minimum Gasteiger partial charge on any atom is -0.293 e. The van der Waals surface area contributed by atoms with E-state index < -0.39 is 0 Å². The Hall–Kier alpha value is -2.40. The molecule has 0 saturated heterocycles. The number of thioether (sulfide) groups is 1. The average molecular weight is 337 g/mol. The molecule has 24 heavy (non-hydrogen) atoms. The van der Waals surface area contributed by atoms with E-state index in [4.69, 9.17) is 0 Å². The molecule has 1 heterocycles. The number of benzene rings is 2. The van der Waals surface area contributed by atoms with Crippen LogP contribution < -0.4 is 0 Å². The molecule has 122 valence electrons. The van der Waals surface area contributed by atoms with Crippen molar-refractivity contribution < 1.29 is 4.79 Å². The Morgan fingerprint density at radius 2 is 1.83 bits per heavy atom. The summed E-state index contributed by atoms with van der Waals surface area (Å²) in [5.74, 6) is 0.436. The highest BCUT2D eigenvalue weighted by Gasteiger charge is 2.09. The summed E-state index contributed by atoms with van der Waals surface area (Å²) in [4.78, 5) is 16.5. The SMILES string of the molecule is CCCc1ccc(C(=O)CSc2ncn(-c3ccccc3)n2)cc1. The summed E-state index contributed by atoms with van der Waals surface area (Å²) in [6.07, 6.45) is 3.82. The van der Waals surface area contributed by atoms with Gasteiger partial charge in [0, 0.05) is 5.56 Å². The first-order chi connectivity index (χ1) is 11.8. The summed E-state index contributed by atoms with van der Waals surface area (Å²) in [5.41, 5.74) is 2.96. The van der Waals surface area contributed by atoms with E-state index in [0.29, 0.717) is 10.9 Å². The molecule has 0 atom stereocenters. The molecule has 1 aromatic heterocycles. The molecule has 0 aliphatic heterocycles. The minimum absolute atomic E-state index is 0.0964. The molecule has 0 aliphatic carbocycles. The van der Waals surface area contributed by atoms with E-state index in [9.17, 15) is 4.79 Å². The lowest BCUT2D eigenvalue weighted by atomic mass is 10.1. The molecule has 0 radical (unpaired) electrons. The Kier molecular flexibility index (Phi) is 5.43. The van der Waals surface area contributed by atoms with Gasteiger partial charge in [-0.2, -0.15) is 0 Å². The minimum atomic E-state index is 0.0964. The van der Waals surface area contributed by atoms with E-state index in [1.165, 1.54) is 17.3 Å². The van der Waals surface area contributed by atoms with Crippen LogP contribution in [0.15, 0.2) is 66.1 Å². The van der Waals surface area contributed by atoms with Crippen molar-refractivity contribution in [1.29, 1.82) is 0 Å². The smallest absolute Gasteiger partial charge is 0.209 e. The third-order valence-corrected chi connectivity index (χ3v) is 4.49. The van der Waals surface area contributed by atoms with E-state index in [2.05, 4.69) is 17.0 Å². The Morgan fingerprint density at radius 1 is 1.08 bits per heavy atom. The van der Waals surface area contributed by atoms with Crippen molar-refractivity contribution in [3.05, 3.63) is 72.1 Å². The second-order valence-corrected chi connectivity index (χ2v) is 6.41. The highest BCUT2D eigenvalue weighted by molar-refractivity contribution is 7.99. The molecule has 3 rings (SSSR count). The van der Waals surface area contributed by atoms with Gasteiger partial charge in [0.15, 0.2) is 5.78 Å². The van der Waals surface area contributed by atoms with Crippen LogP contribution in [0.5, 0.6) is 0 Å². The maximum atomic E-state index is 12.3. The van der Waals surface area contributed by atoms with E-state index in [-0.39, 0.29) is 5.78 Å². The van der Waals surface area contributed by atoms with Crippen molar-refractivity contribution >= 4 is 17.5 Å². The van der Waals surface area contributed by atoms with Crippen LogP contribution in [-0.2, 0) is 6.42 Å². The molecule has 4 nitrogen and oxygen atoms in total. The number of nitrogens with zero attached hydrogens (tertiary/aromatic N) is 3. The van der Waals surface area contributed by atoms with E-state index in [1.54, 1.807) is 11.0 Å². The molecule has 5 heteroatoms. The number of para-hydroxylation sites is 1. The number of hydrogen-bond donors (Lipinski definition) is 0. The highest BCUT2D eigenvalue weighted by Crippen LogP contribution is 2.16. The molecular weight excluding hydrogens is 318 g/mol. The van der Waals surface area contributed by atoms with E-state index in [1.807, 2.05) is 54.6 Å². The molecular formula is C19H19N3OS. The van der Waals surface area contributed by atoms with Crippen LogP contribution in [0.25, 0.3) is 5.69 Å². The van der Waals surface area contributed by atoms with Gasteiger partial charge in [0.1, 0.15) is 6.33 Å². The zero-order valence-electron chi connectivity index (χ0n) is 13.6. The molecule has 0 unspecified atom stereocenters. The zero-order chi connectivity index (χ0) is 16.8. The number of ketones is 1. The maximum absolute atomic E-state index is 12.3. The number of aromatic nitrogens is 3. The van der Waals surface area contributed by atoms with Crippen molar-refractivity contribution in [2.45, 2.75) is 24.9 Å². The van der Waals surface area contributed by atoms with Crippen LogP contribution in [0, 0.1) is 0 Å². The Balaban J connectivity index is 1.59. The first kappa shape index (κ1) is 16.5. The second-order valence-electron chi connectivity index (χ2n) is 5.47. The topological polar surface area (TPSA) is 47.8 Å². The van der Waals surface area contributed by atoms with Gasteiger partial charge in [-0.05, 0) is 24.1 Å². The molecule has 0 bridgehead atoms. The van der Waals surface area contributed by atoms with Crippen LogP contribution in [0.3, 0.4) is 0 Å². The van der Waals surface area contributed by atoms with Crippen LogP contribution >= 0.6 is 11.8 Å². The van der Waals surface area contributed by atoms with E-state index in [0.717, 1.165) is 24.1 Å². The van der Waals surface area contributed by atoms with Gasteiger partial charge < -0.3 is 0 Å². The molecule has 0 amide bonds. The first-order valence-corrected chi connectivity index (χ1v) is 8.97. The quantitative estimate of drug-likeness (QED) is 0.479. The summed E-state index contributed by atoms with van der Waals surface area (Å²) < 4.78 is 1.71. The van der Waals surface area contributed by atoms with Crippen LogP contribution in [0.4, 0.5) is 0 Å². The van der Waals surface area contributed by atoms with Gasteiger partial charge in [-0.1, -0.05) is 67.6 Å². The number of hydrogen-bond acceptors (Lipinski definition) is 4. The lowest BCUT2D eigenvalue weighted by Gasteiger charge is -2.02. The highest BCUT2D eigenvalue weighted by atomic mass is 32.2. The predicted molar refractivity (Wildman–Crippen MR) is 96.9 cm³/mol. The molecule has 0 N–H and O–H groups in total. The van der Waals surface area contributed by atoms with Gasteiger partial charge in [0.25, 0.3) is 0 Å². The van der Waals surface area contributed by atoms with Gasteiger partial charge in [-0.25, -0.2) is 9.67 Å². The third-order valence-electron chi connectivity index (χ3n) is 3.64. The number of rotatable bonds is 7. The van der Waals surface area contributed by atoms with Crippen molar-refractivity contribution in [3.8, 4) is 5.69 Å². The average Bonchev–Trinajstić information content (AvgIpc) is 3.10. The van der Waals surface area contributed by atoms with Gasteiger partial charge in [0.05, 0.1) is 11.4 Å². The lowest BCUT2D eigenvalue weighted by molar-refractivity contribution is 0.102. The fraction of sp³-hybridized carbons (Fsp3) is 0.211. The number of carbonyl (C=O) groups is 1. The van der Waals surface area contributed by atoms with Crippen molar-refractivity contribution in [2.24, 2.45) is 0 Å². The Morgan fingerprint density at radius 3 is 2.54 bits per heavy atom. The summed E-state index contributed by atoms with van der Waals surface area (Å²) in [6.45, 7) is 2.15. The van der Waals surface area contributed by atoms with Gasteiger partial charge in [-0.3, -0.25) is 4.79 Å². The largest absolute Gasteiger partial charge is 0.293 e. The summed E-state index contributed by atoms with van der Waals surface area (Å²) in [6, 6.07) is 17.7. The standard InChI is InChI=1S/C19H19N3OS/c1-2-6-15-9-11-16(12-10-15)18(23)13-24-19-20-14-22(21-19)17-7-4-3-5-8-17/h3-5,7-12,14H,2,6,13H2,1H3. The summed E-state index contributed by atoms with van der Waals surface area (Å²) in [5, 5.41) is 5.01. The summed E-state index contributed by atoms with van der Waals surface area (Å²) >= 11 is 1.36. The fourth-order valence-corrected chi connectivity index (χ4v) is 3.07. The van der Waals surface area contributed by atoms with Crippen LogP contribution in [-0.4, -0.2) is 26.3 Å². The molecule has 0 spiro atoms. The molecule has 0 fully saturated rings. The molecule has 2 aromatic carbocycles. The van der Waals surface area contributed by atoms with Gasteiger partial charge in [-0.15, -0.1) is 5.10 Å². The van der Waals surface area contributed by atoms with Crippen LogP contribution in [0.1, 0.15) is 29.3 Å². The number of carbonyl (C=O) groups excluding carboxylic acids is 1. The molecule has 0 saturated carbocycles. The number of aryl methyl sites for hydroxylation is 1. The fourth-order valence-electron chi connectivity index (χ4n) is 2.38. The van der Waals surface area contributed by atoms with Crippen molar-refractivity contribution in [2.75, 3.05) is 5.75 Å². The Labute approximate surface area is 145 Å². The normalized spacial score (nSPS) is 10.7. The van der Waals surface area contributed by atoms with Crippen molar-refractivity contribution in [1.82, 2.24) is 14.8 Å². The third kappa shape index (κ3) is 4.11. The van der Waals surface area contributed by atoms with Crippen molar-refractivity contribution in [3.63, 3.8) is 0 Å². The van der Waals surface area contributed by atoms with E-state index >= 15 is 0 Å². The number of Topliss-reactive ketones (excluding diaryl/α,β-unsaturated/α-hetero) is 1. The molecule has 0 aliphatic rings.